The molecule has 1 aliphatic heterocycles. The fourth-order valence-electron chi connectivity index (χ4n) is 4.37. The Morgan fingerprint density at radius 3 is 2.42 bits per heavy atom. The molecule has 0 saturated heterocycles. The maximum atomic E-state index is 13.1. The van der Waals surface area contributed by atoms with Gasteiger partial charge >= 0.3 is 12.1 Å². The molecule has 9 heteroatoms. The summed E-state index contributed by atoms with van der Waals surface area (Å²) < 4.78 is 5.72. The monoisotopic (exact) mass is 509 g/mol. The van der Waals surface area contributed by atoms with E-state index in [9.17, 15) is 24.3 Å². The van der Waals surface area contributed by atoms with Crippen LogP contribution in [0.4, 0.5) is 4.79 Å². The summed E-state index contributed by atoms with van der Waals surface area (Å²) in [5.41, 5.74) is 0. The molecular formula is C27H47N3O6. The fraction of sp³-hybridized carbons (Fsp3) is 0.778. The summed E-state index contributed by atoms with van der Waals surface area (Å²) in [5, 5.41) is 15.0. The van der Waals surface area contributed by atoms with Crippen LogP contribution >= 0.6 is 0 Å². The quantitative estimate of drug-likeness (QED) is 0.298. The van der Waals surface area contributed by atoms with Crippen LogP contribution in [0.15, 0.2) is 12.2 Å². The number of carboxylic acids is 1. The lowest BCUT2D eigenvalue weighted by Crippen LogP contribution is -2.53. The summed E-state index contributed by atoms with van der Waals surface area (Å²) in [4.78, 5) is 52.0. The van der Waals surface area contributed by atoms with E-state index in [0.29, 0.717) is 25.7 Å². The van der Waals surface area contributed by atoms with Gasteiger partial charge in [-0.15, -0.1) is 0 Å². The number of amides is 3. The standard InChI is InChI=1S/C27H47N3O6/c1-6-7-8-9-12-15-21-16-13-10-11-14-20(25(32)30(4)5)18-23(26(33)34)28-24(31)22(17-19(2)3)29-27(35)36-21/h10-11,19-23H,6-9,12-18H2,1-5H3,(H,28,31)(H,29,35)(H,33,34)/b11-10+. The van der Waals surface area contributed by atoms with Crippen LogP contribution in [0.2, 0.25) is 0 Å². The van der Waals surface area contributed by atoms with Crippen LogP contribution in [0.1, 0.15) is 91.4 Å². The zero-order valence-corrected chi connectivity index (χ0v) is 22.8. The topological polar surface area (TPSA) is 125 Å². The van der Waals surface area contributed by atoms with Crippen molar-refractivity contribution in [1.82, 2.24) is 15.5 Å². The minimum Gasteiger partial charge on any atom is -0.480 e. The lowest BCUT2D eigenvalue weighted by atomic mass is 9.94. The van der Waals surface area contributed by atoms with Gasteiger partial charge in [-0.1, -0.05) is 58.6 Å². The van der Waals surface area contributed by atoms with Crippen LogP contribution in [0, 0.1) is 11.8 Å². The van der Waals surface area contributed by atoms with Crippen molar-refractivity contribution in [2.45, 2.75) is 110 Å². The minimum atomic E-state index is -1.26. The van der Waals surface area contributed by atoms with Gasteiger partial charge < -0.3 is 25.4 Å². The number of alkyl carbamates (subject to hydrolysis) is 1. The highest BCUT2D eigenvalue weighted by molar-refractivity contribution is 5.89. The fourth-order valence-corrected chi connectivity index (χ4v) is 4.37. The van der Waals surface area contributed by atoms with Crippen molar-refractivity contribution in [3.05, 3.63) is 12.2 Å². The number of allylic oxidation sites excluding steroid dienone is 2. The number of nitrogens with zero attached hydrogens (tertiary/aromatic N) is 1. The molecule has 0 aliphatic carbocycles. The van der Waals surface area contributed by atoms with Gasteiger partial charge in [0.05, 0.1) is 0 Å². The van der Waals surface area contributed by atoms with Gasteiger partial charge in [0.1, 0.15) is 18.2 Å². The number of carbonyl (C=O) groups excluding carboxylic acids is 3. The van der Waals surface area contributed by atoms with E-state index in [1.165, 1.54) is 11.3 Å². The molecular weight excluding hydrogens is 462 g/mol. The molecule has 0 bridgehead atoms. The van der Waals surface area contributed by atoms with Crippen LogP contribution in [0.25, 0.3) is 0 Å². The lowest BCUT2D eigenvalue weighted by molar-refractivity contribution is -0.143. The molecule has 9 nitrogen and oxygen atoms in total. The molecule has 1 rings (SSSR count). The number of ether oxygens (including phenoxy) is 1. The van der Waals surface area contributed by atoms with Crippen molar-refractivity contribution in [3.63, 3.8) is 0 Å². The molecule has 4 atom stereocenters. The first-order valence-electron chi connectivity index (χ1n) is 13.4. The molecule has 0 spiro atoms. The number of aliphatic carboxylic acids is 1. The van der Waals surface area contributed by atoms with E-state index in [1.54, 1.807) is 14.1 Å². The second kappa shape index (κ2) is 17.0. The molecule has 0 aromatic heterocycles. The van der Waals surface area contributed by atoms with Gasteiger partial charge in [-0.05, 0) is 50.9 Å². The Morgan fingerprint density at radius 1 is 1.11 bits per heavy atom. The third-order valence-corrected chi connectivity index (χ3v) is 6.39. The Kier molecular flexibility index (Phi) is 14.8. The van der Waals surface area contributed by atoms with E-state index >= 15 is 0 Å². The number of carbonyl (C=O) groups is 4. The molecule has 4 unspecified atom stereocenters. The summed E-state index contributed by atoms with van der Waals surface area (Å²) >= 11 is 0. The van der Waals surface area contributed by atoms with E-state index in [0.717, 1.165) is 32.1 Å². The lowest BCUT2D eigenvalue weighted by Gasteiger charge is -2.26. The van der Waals surface area contributed by atoms with Gasteiger partial charge in [0.25, 0.3) is 0 Å². The van der Waals surface area contributed by atoms with Crippen LogP contribution < -0.4 is 10.6 Å². The molecule has 0 saturated carbocycles. The van der Waals surface area contributed by atoms with E-state index < -0.39 is 36.0 Å². The predicted octanol–water partition coefficient (Wildman–Crippen LogP) is 4.26. The third kappa shape index (κ3) is 12.4. The highest BCUT2D eigenvalue weighted by Crippen LogP contribution is 2.19. The molecule has 1 heterocycles. The zero-order chi connectivity index (χ0) is 27.1. The second-order valence-corrected chi connectivity index (χ2v) is 10.4. The van der Waals surface area contributed by atoms with Gasteiger partial charge in [0.2, 0.25) is 11.8 Å². The molecule has 0 aromatic rings. The first kappa shape index (κ1) is 31.4. The first-order chi connectivity index (χ1) is 17.0. The molecule has 3 amide bonds. The number of cyclic esters (lactones) is 1. The zero-order valence-electron chi connectivity index (χ0n) is 22.8. The van der Waals surface area contributed by atoms with E-state index in [4.69, 9.17) is 4.74 Å². The van der Waals surface area contributed by atoms with E-state index in [-0.39, 0.29) is 24.3 Å². The average molecular weight is 510 g/mol. The molecule has 0 fully saturated rings. The molecule has 0 radical (unpaired) electrons. The summed E-state index contributed by atoms with van der Waals surface area (Å²) in [6, 6.07) is -2.19. The number of rotatable bonds is 10. The number of carboxylic acid groups (broad SMARTS) is 1. The third-order valence-electron chi connectivity index (χ3n) is 6.39. The van der Waals surface area contributed by atoms with Gasteiger partial charge in [-0.2, -0.15) is 0 Å². The Bertz CT molecular complexity index is 737. The highest BCUT2D eigenvalue weighted by Gasteiger charge is 2.32. The molecule has 0 aromatic carbocycles. The van der Waals surface area contributed by atoms with Crippen molar-refractivity contribution >= 4 is 23.9 Å². The minimum absolute atomic E-state index is 0.0400. The molecule has 3 N–H and O–H groups in total. The molecule has 206 valence electrons. The van der Waals surface area contributed by atoms with Crippen molar-refractivity contribution in [1.29, 1.82) is 0 Å². The summed E-state index contributed by atoms with van der Waals surface area (Å²) in [6.07, 6.45) is 11.1. The normalized spacial score (nSPS) is 25.1. The van der Waals surface area contributed by atoms with Crippen molar-refractivity contribution < 1.29 is 29.0 Å². The Morgan fingerprint density at radius 2 is 1.81 bits per heavy atom. The van der Waals surface area contributed by atoms with E-state index in [2.05, 4.69) is 17.6 Å². The maximum absolute atomic E-state index is 13.1. The van der Waals surface area contributed by atoms with Crippen molar-refractivity contribution in [3.8, 4) is 0 Å². The Labute approximate surface area is 216 Å². The summed E-state index contributed by atoms with van der Waals surface area (Å²) in [7, 11) is 3.26. The van der Waals surface area contributed by atoms with Crippen LogP contribution in [0.5, 0.6) is 0 Å². The van der Waals surface area contributed by atoms with Crippen LogP contribution in [-0.4, -0.2) is 66.2 Å². The Hall–Kier alpha value is -2.58. The summed E-state index contributed by atoms with van der Waals surface area (Å²) in [5.74, 6) is -2.52. The van der Waals surface area contributed by atoms with E-state index in [1.807, 2.05) is 26.0 Å². The van der Waals surface area contributed by atoms with Crippen LogP contribution in [0.3, 0.4) is 0 Å². The SMILES string of the molecule is CCCCCCCC1CC/C=C/CC(C(=O)N(C)C)CC(C(=O)O)NC(=O)C(CC(C)C)NC(=O)O1. The van der Waals surface area contributed by atoms with Gasteiger partial charge in [0.15, 0.2) is 0 Å². The van der Waals surface area contributed by atoms with Gasteiger partial charge in [0, 0.05) is 20.0 Å². The van der Waals surface area contributed by atoms with Crippen molar-refractivity contribution in [2.24, 2.45) is 11.8 Å². The second-order valence-electron chi connectivity index (χ2n) is 10.4. The largest absolute Gasteiger partial charge is 0.480 e. The van der Waals surface area contributed by atoms with Crippen LogP contribution in [-0.2, 0) is 19.1 Å². The molecule has 1 aliphatic rings. The summed E-state index contributed by atoms with van der Waals surface area (Å²) in [6.45, 7) is 6.00. The number of nitrogens with one attached hydrogen (secondary N) is 2. The smallest absolute Gasteiger partial charge is 0.408 e. The molecule has 36 heavy (non-hydrogen) atoms. The Balaban J connectivity index is 3.13. The number of hydrogen-bond acceptors (Lipinski definition) is 5. The number of hydrogen-bond donors (Lipinski definition) is 3. The van der Waals surface area contributed by atoms with Gasteiger partial charge in [-0.25, -0.2) is 9.59 Å². The number of unbranched alkanes of at least 4 members (excludes halogenated alkanes) is 4. The van der Waals surface area contributed by atoms with Crippen molar-refractivity contribution in [2.75, 3.05) is 14.1 Å². The highest BCUT2D eigenvalue weighted by atomic mass is 16.6. The van der Waals surface area contributed by atoms with Gasteiger partial charge in [-0.3, -0.25) is 9.59 Å². The predicted molar refractivity (Wildman–Crippen MR) is 139 cm³/mol. The average Bonchev–Trinajstić information content (AvgIpc) is 2.80. The maximum Gasteiger partial charge on any atom is 0.408 e. The first-order valence-corrected chi connectivity index (χ1v) is 13.4.